The van der Waals surface area contributed by atoms with Crippen LogP contribution < -0.4 is 10.6 Å². The summed E-state index contributed by atoms with van der Waals surface area (Å²) in [5.74, 6) is 0.0493. The van der Waals surface area contributed by atoms with Crippen molar-refractivity contribution in [1.82, 2.24) is 10.6 Å². The molecule has 0 saturated carbocycles. The highest BCUT2D eigenvalue weighted by Crippen LogP contribution is 1.99. The van der Waals surface area contributed by atoms with Crippen molar-refractivity contribution in [1.29, 1.82) is 0 Å². The van der Waals surface area contributed by atoms with E-state index < -0.39 is 0 Å². The van der Waals surface area contributed by atoms with Crippen LogP contribution in [-0.4, -0.2) is 25.4 Å². The van der Waals surface area contributed by atoms with E-state index in [-0.39, 0.29) is 17.7 Å². The van der Waals surface area contributed by atoms with Crippen LogP contribution in [0.3, 0.4) is 0 Å². The van der Waals surface area contributed by atoms with Crippen molar-refractivity contribution in [3.63, 3.8) is 0 Å². The monoisotopic (exact) mass is 200 g/mol. The molecule has 0 aromatic heterocycles. The number of nitrogens with one attached hydrogen (secondary N) is 2. The Balaban J connectivity index is 3.53. The molecule has 82 valence electrons. The smallest absolute Gasteiger partial charge is 0.222 e. The van der Waals surface area contributed by atoms with Crippen molar-refractivity contribution in [3.8, 4) is 0 Å². The van der Waals surface area contributed by atoms with Gasteiger partial charge in [0.1, 0.15) is 0 Å². The Kier molecular flexibility index (Phi) is 6.80. The molecule has 0 spiro atoms. The maximum Gasteiger partial charge on any atom is 0.222 e. The molecule has 2 N–H and O–H groups in total. The lowest BCUT2D eigenvalue weighted by atomic mass is 10.1. The fourth-order valence-corrected chi connectivity index (χ4v) is 1.12. The molecule has 1 atom stereocenters. The van der Waals surface area contributed by atoms with Crippen molar-refractivity contribution < 1.29 is 9.59 Å². The molecule has 0 fully saturated rings. The second-order valence-corrected chi connectivity index (χ2v) is 3.40. The summed E-state index contributed by atoms with van der Waals surface area (Å²) in [6.07, 6.45) is 2.11. The zero-order valence-electron chi connectivity index (χ0n) is 9.22. The Morgan fingerprint density at radius 1 is 1.36 bits per heavy atom. The highest BCUT2D eigenvalue weighted by molar-refractivity contribution is 5.78. The van der Waals surface area contributed by atoms with Gasteiger partial charge in [-0.05, 0) is 12.8 Å². The molecule has 0 saturated heterocycles. The molecule has 4 heteroatoms. The van der Waals surface area contributed by atoms with Crippen LogP contribution in [-0.2, 0) is 9.59 Å². The van der Waals surface area contributed by atoms with Crippen LogP contribution in [0.1, 0.15) is 33.1 Å². The molecule has 14 heavy (non-hydrogen) atoms. The fourth-order valence-electron chi connectivity index (χ4n) is 1.12. The van der Waals surface area contributed by atoms with E-state index in [9.17, 15) is 9.59 Å². The van der Waals surface area contributed by atoms with E-state index in [2.05, 4.69) is 10.6 Å². The van der Waals surface area contributed by atoms with Crippen LogP contribution in [0.4, 0.5) is 0 Å². The molecule has 0 bridgehead atoms. The first-order valence-electron chi connectivity index (χ1n) is 5.10. The molecule has 0 rings (SSSR count). The van der Waals surface area contributed by atoms with E-state index >= 15 is 0 Å². The van der Waals surface area contributed by atoms with Gasteiger partial charge in [0.25, 0.3) is 0 Å². The molecule has 0 radical (unpaired) electrons. The largest absolute Gasteiger partial charge is 0.359 e. The van der Waals surface area contributed by atoms with Gasteiger partial charge in [0.05, 0.1) is 0 Å². The standard InChI is InChI=1S/C10H20N2O2/c1-4-5-9(13)12-7-6-8(2)10(14)11-3/h8H,4-7H2,1-3H3,(H,11,14)(H,12,13). The molecule has 0 aliphatic carbocycles. The van der Waals surface area contributed by atoms with E-state index in [0.717, 1.165) is 6.42 Å². The molecule has 0 aliphatic heterocycles. The van der Waals surface area contributed by atoms with Crippen molar-refractivity contribution in [3.05, 3.63) is 0 Å². The first-order valence-corrected chi connectivity index (χ1v) is 5.10. The lowest BCUT2D eigenvalue weighted by molar-refractivity contribution is -0.125. The highest BCUT2D eigenvalue weighted by Gasteiger charge is 2.10. The Bertz CT molecular complexity index is 193. The van der Waals surface area contributed by atoms with Crippen LogP contribution in [0, 0.1) is 5.92 Å². The van der Waals surface area contributed by atoms with Gasteiger partial charge in [-0.2, -0.15) is 0 Å². The lowest BCUT2D eigenvalue weighted by Gasteiger charge is -2.10. The molecule has 0 aromatic carbocycles. The highest BCUT2D eigenvalue weighted by atomic mass is 16.2. The predicted octanol–water partition coefficient (Wildman–Crippen LogP) is 0.675. The Morgan fingerprint density at radius 2 is 2.00 bits per heavy atom. The van der Waals surface area contributed by atoms with Gasteiger partial charge in [0.2, 0.25) is 11.8 Å². The van der Waals surface area contributed by atoms with Crippen molar-refractivity contribution in [2.75, 3.05) is 13.6 Å². The van der Waals surface area contributed by atoms with Crippen LogP contribution in [0.5, 0.6) is 0 Å². The maximum absolute atomic E-state index is 11.1. The molecular weight excluding hydrogens is 180 g/mol. The van der Waals surface area contributed by atoms with E-state index in [1.807, 2.05) is 13.8 Å². The van der Waals surface area contributed by atoms with Gasteiger partial charge in [-0.3, -0.25) is 9.59 Å². The zero-order valence-corrected chi connectivity index (χ0v) is 9.22. The summed E-state index contributed by atoms with van der Waals surface area (Å²) >= 11 is 0. The third-order valence-corrected chi connectivity index (χ3v) is 2.07. The minimum Gasteiger partial charge on any atom is -0.359 e. The number of hydrogen-bond donors (Lipinski definition) is 2. The normalized spacial score (nSPS) is 11.9. The predicted molar refractivity (Wildman–Crippen MR) is 55.8 cm³/mol. The first kappa shape index (κ1) is 12.9. The van der Waals surface area contributed by atoms with E-state index in [1.54, 1.807) is 7.05 Å². The maximum atomic E-state index is 11.1. The van der Waals surface area contributed by atoms with Gasteiger partial charge >= 0.3 is 0 Å². The molecule has 1 unspecified atom stereocenters. The van der Waals surface area contributed by atoms with Crippen molar-refractivity contribution in [2.24, 2.45) is 5.92 Å². The van der Waals surface area contributed by atoms with Crippen molar-refractivity contribution >= 4 is 11.8 Å². The van der Waals surface area contributed by atoms with Crippen LogP contribution in [0.15, 0.2) is 0 Å². The molecular formula is C10H20N2O2. The number of rotatable bonds is 6. The molecule has 4 nitrogen and oxygen atoms in total. The number of carbonyl (C=O) groups is 2. The second kappa shape index (κ2) is 7.35. The summed E-state index contributed by atoms with van der Waals surface area (Å²) in [5.41, 5.74) is 0. The van der Waals surface area contributed by atoms with Gasteiger partial charge in [0, 0.05) is 25.9 Å². The summed E-state index contributed by atoms with van der Waals surface area (Å²) in [6.45, 7) is 4.39. The average molecular weight is 200 g/mol. The zero-order chi connectivity index (χ0) is 11.0. The average Bonchev–Trinajstić information content (AvgIpc) is 2.16. The Hall–Kier alpha value is -1.06. The minimum atomic E-state index is -0.0399. The van der Waals surface area contributed by atoms with Gasteiger partial charge in [0.15, 0.2) is 0 Å². The summed E-state index contributed by atoms with van der Waals surface area (Å²) < 4.78 is 0. The quantitative estimate of drug-likeness (QED) is 0.662. The third-order valence-electron chi connectivity index (χ3n) is 2.07. The molecule has 0 heterocycles. The van der Waals surface area contributed by atoms with Crippen LogP contribution >= 0.6 is 0 Å². The summed E-state index contributed by atoms with van der Waals surface area (Å²) in [6, 6.07) is 0. The van der Waals surface area contributed by atoms with E-state index in [4.69, 9.17) is 0 Å². The molecule has 2 amide bonds. The SMILES string of the molecule is CCCC(=O)NCCC(C)C(=O)NC. The van der Waals surface area contributed by atoms with Gasteiger partial charge < -0.3 is 10.6 Å². The van der Waals surface area contributed by atoms with Gasteiger partial charge in [-0.15, -0.1) is 0 Å². The summed E-state index contributed by atoms with van der Waals surface area (Å²) in [7, 11) is 1.62. The molecule has 0 aromatic rings. The van der Waals surface area contributed by atoms with Gasteiger partial charge in [-0.1, -0.05) is 13.8 Å². The van der Waals surface area contributed by atoms with E-state index in [0.29, 0.717) is 19.4 Å². The summed E-state index contributed by atoms with van der Waals surface area (Å²) in [5, 5.41) is 5.35. The number of amides is 2. The van der Waals surface area contributed by atoms with E-state index in [1.165, 1.54) is 0 Å². The topological polar surface area (TPSA) is 58.2 Å². The fraction of sp³-hybridized carbons (Fsp3) is 0.800. The summed E-state index contributed by atoms with van der Waals surface area (Å²) in [4.78, 5) is 22.1. The number of hydrogen-bond acceptors (Lipinski definition) is 2. The van der Waals surface area contributed by atoms with Crippen molar-refractivity contribution in [2.45, 2.75) is 33.1 Å². The first-order chi connectivity index (χ1) is 6.61. The van der Waals surface area contributed by atoms with Crippen LogP contribution in [0.2, 0.25) is 0 Å². The Labute approximate surface area is 85.4 Å². The number of carbonyl (C=O) groups excluding carboxylic acids is 2. The van der Waals surface area contributed by atoms with Crippen LogP contribution in [0.25, 0.3) is 0 Å². The molecule has 0 aliphatic rings. The minimum absolute atomic E-state index is 0.0229. The third kappa shape index (κ3) is 5.56. The van der Waals surface area contributed by atoms with Gasteiger partial charge in [-0.25, -0.2) is 0 Å². The Morgan fingerprint density at radius 3 is 2.50 bits per heavy atom. The second-order valence-electron chi connectivity index (χ2n) is 3.40. The lowest BCUT2D eigenvalue weighted by Crippen LogP contribution is -2.30.